The molecule has 0 saturated heterocycles. The van der Waals surface area contributed by atoms with Gasteiger partial charge in [-0.3, -0.25) is 9.59 Å². The van der Waals surface area contributed by atoms with Gasteiger partial charge < -0.3 is 15.4 Å². The van der Waals surface area contributed by atoms with Gasteiger partial charge in [0, 0.05) is 12.6 Å². The lowest BCUT2D eigenvalue weighted by Crippen LogP contribution is -2.46. The van der Waals surface area contributed by atoms with E-state index < -0.39 is 36.3 Å². The fourth-order valence-electron chi connectivity index (χ4n) is 1.92. The van der Waals surface area contributed by atoms with Crippen LogP contribution in [0, 0.1) is 0 Å². The first kappa shape index (κ1) is 22.2. The number of hydrogen-bond donors (Lipinski definition) is 2. The number of esters is 1. The van der Waals surface area contributed by atoms with Crippen molar-refractivity contribution in [2.75, 3.05) is 13.2 Å². The van der Waals surface area contributed by atoms with Gasteiger partial charge in [-0.25, -0.2) is 4.79 Å². The van der Waals surface area contributed by atoms with E-state index in [9.17, 15) is 27.6 Å². The van der Waals surface area contributed by atoms with Gasteiger partial charge in [-0.1, -0.05) is 19.1 Å². The van der Waals surface area contributed by atoms with E-state index in [-0.39, 0.29) is 11.5 Å². The van der Waals surface area contributed by atoms with E-state index >= 15 is 0 Å². The number of carbonyl (C=O) groups excluding carboxylic acids is 3. The summed E-state index contributed by atoms with van der Waals surface area (Å²) in [6, 6.07) is 3.61. The molecule has 1 atom stereocenters. The maximum atomic E-state index is 12.6. The summed E-state index contributed by atoms with van der Waals surface area (Å²) < 4.78 is 42.5. The molecule has 0 aromatic heterocycles. The van der Waals surface area contributed by atoms with Crippen LogP contribution in [-0.4, -0.2) is 37.0 Å². The van der Waals surface area contributed by atoms with Crippen LogP contribution >= 0.6 is 0 Å². The molecule has 0 saturated carbocycles. The van der Waals surface area contributed by atoms with Gasteiger partial charge in [-0.2, -0.15) is 13.2 Å². The molecule has 2 N–H and O–H groups in total. The summed E-state index contributed by atoms with van der Waals surface area (Å²) in [6.45, 7) is 3.24. The minimum absolute atomic E-state index is 0.160. The van der Waals surface area contributed by atoms with Crippen LogP contribution in [0.3, 0.4) is 0 Å². The number of rotatable bonds is 8. The lowest BCUT2D eigenvalue weighted by Gasteiger charge is -2.13. The Kier molecular flexibility index (Phi) is 8.50. The van der Waals surface area contributed by atoms with Crippen LogP contribution in [0.2, 0.25) is 0 Å². The van der Waals surface area contributed by atoms with E-state index in [1.54, 1.807) is 0 Å². The Labute approximate surface area is 154 Å². The molecule has 27 heavy (non-hydrogen) atoms. The third-order valence-corrected chi connectivity index (χ3v) is 3.29. The van der Waals surface area contributed by atoms with Crippen LogP contribution in [0.15, 0.2) is 30.3 Å². The molecule has 0 unspecified atom stereocenters. The lowest BCUT2D eigenvalue weighted by atomic mass is 10.1. The molecule has 0 aliphatic rings. The molecule has 0 aliphatic carbocycles. The van der Waals surface area contributed by atoms with Crippen molar-refractivity contribution in [2.45, 2.75) is 32.5 Å². The standard InChI is InChI=1S/C18H21F3N2O4/c1-3-9-22-17(26)12(2)23-15(24)11-27-16(25)8-7-13-5-4-6-14(10-13)18(19,20)21/h4-8,10,12H,3,9,11H2,1-2H3,(H,22,26)(H,23,24)/b8-7+/t12-/m0/s1. The van der Waals surface area contributed by atoms with Crippen LogP contribution in [0.25, 0.3) is 6.08 Å². The zero-order valence-corrected chi connectivity index (χ0v) is 14.9. The molecule has 0 heterocycles. The molecule has 0 bridgehead atoms. The molecule has 1 aromatic rings. The van der Waals surface area contributed by atoms with E-state index in [0.717, 1.165) is 30.7 Å². The Morgan fingerprint density at radius 3 is 2.59 bits per heavy atom. The number of ether oxygens (including phenoxy) is 1. The quantitative estimate of drug-likeness (QED) is 0.530. The maximum Gasteiger partial charge on any atom is 0.416 e. The highest BCUT2D eigenvalue weighted by atomic mass is 19.4. The molecule has 6 nitrogen and oxygen atoms in total. The van der Waals surface area contributed by atoms with Crippen molar-refractivity contribution in [3.8, 4) is 0 Å². The Bertz CT molecular complexity index is 702. The SMILES string of the molecule is CCCNC(=O)[C@H](C)NC(=O)COC(=O)/C=C/c1cccc(C(F)(F)F)c1. The molecule has 148 valence electrons. The monoisotopic (exact) mass is 386 g/mol. The maximum absolute atomic E-state index is 12.6. The average Bonchev–Trinajstić information content (AvgIpc) is 2.62. The predicted octanol–water partition coefficient (Wildman–Crippen LogP) is 2.29. The Morgan fingerprint density at radius 1 is 1.26 bits per heavy atom. The van der Waals surface area contributed by atoms with Crippen molar-refractivity contribution < 1.29 is 32.3 Å². The van der Waals surface area contributed by atoms with Gasteiger partial charge in [0.25, 0.3) is 5.91 Å². The molecule has 0 aliphatic heterocycles. The van der Waals surface area contributed by atoms with Crippen molar-refractivity contribution in [1.29, 1.82) is 0 Å². The number of benzene rings is 1. The van der Waals surface area contributed by atoms with E-state index in [4.69, 9.17) is 4.74 Å². The topological polar surface area (TPSA) is 84.5 Å². The molecule has 0 spiro atoms. The van der Waals surface area contributed by atoms with Gasteiger partial charge in [-0.15, -0.1) is 0 Å². The summed E-state index contributed by atoms with van der Waals surface area (Å²) in [7, 11) is 0. The van der Waals surface area contributed by atoms with Crippen molar-refractivity contribution in [1.82, 2.24) is 10.6 Å². The van der Waals surface area contributed by atoms with Crippen LogP contribution in [-0.2, 0) is 25.3 Å². The zero-order chi connectivity index (χ0) is 20.4. The number of nitrogens with one attached hydrogen (secondary N) is 2. The molecule has 0 fully saturated rings. The summed E-state index contributed by atoms with van der Waals surface area (Å²) >= 11 is 0. The summed E-state index contributed by atoms with van der Waals surface area (Å²) in [6.07, 6.45) is -1.67. The lowest BCUT2D eigenvalue weighted by molar-refractivity contribution is -0.144. The zero-order valence-electron chi connectivity index (χ0n) is 14.9. The normalized spacial score (nSPS) is 12.5. The van der Waals surface area contributed by atoms with Gasteiger partial charge in [0.15, 0.2) is 6.61 Å². The molecular weight excluding hydrogens is 365 g/mol. The minimum atomic E-state index is -4.48. The van der Waals surface area contributed by atoms with E-state index in [0.29, 0.717) is 6.54 Å². The van der Waals surface area contributed by atoms with Crippen LogP contribution in [0.5, 0.6) is 0 Å². The number of amides is 2. The first-order chi connectivity index (χ1) is 12.6. The molecule has 0 radical (unpaired) electrons. The summed E-state index contributed by atoms with van der Waals surface area (Å²) in [5.41, 5.74) is -0.680. The van der Waals surface area contributed by atoms with Crippen LogP contribution in [0.1, 0.15) is 31.4 Å². The highest BCUT2D eigenvalue weighted by molar-refractivity contribution is 5.91. The van der Waals surface area contributed by atoms with Crippen LogP contribution in [0.4, 0.5) is 13.2 Å². The van der Waals surface area contributed by atoms with Crippen molar-refractivity contribution >= 4 is 23.9 Å². The number of alkyl halides is 3. The average molecular weight is 386 g/mol. The van der Waals surface area contributed by atoms with E-state index in [1.807, 2.05) is 6.92 Å². The third-order valence-electron chi connectivity index (χ3n) is 3.29. The Morgan fingerprint density at radius 2 is 1.96 bits per heavy atom. The van der Waals surface area contributed by atoms with Gasteiger partial charge in [0.2, 0.25) is 5.91 Å². The van der Waals surface area contributed by atoms with Crippen molar-refractivity contribution in [3.05, 3.63) is 41.5 Å². The first-order valence-corrected chi connectivity index (χ1v) is 8.22. The smallest absolute Gasteiger partial charge is 0.416 e. The second-order valence-corrected chi connectivity index (χ2v) is 5.64. The molecular formula is C18H21F3N2O4. The van der Waals surface area contributed by atoms with Crippen molar-refractivity contribution in [3.63, 3.8) is 0 Å². The van der Waals surface area contributed by atoms with E-state index in [1.165, 1.54) is 19.1 Å². The Hall–Kier alpha value is -2.84. The van der Waals surface area contributed by atoms with Crippen LogP contribution < -0.4 is 10.6 Å². The summed E-state index contributed by atoms with van der Waals surface area (Å²) in [5, 5.41) is 4.97. The van der Waals surface area contributed by atoms with Gasteiger partial charge in [0.05, 0.1) is 5.56 Å². The van der Waals surface area contributed by atoms with Gasteiger partial charge >= 0.3 is 12.1 Å². The van der Waals surface area contributed by atoms with E-state index in [2.05, 4.69) is 10.6 Å². The Balaban J connectivity index is 2.48. The molecule has 1 rings (SSSR count). The fourth-order valence-corrected chi connectivity index (χ4v) is 1.92. The van der Waals surface area contributed by atoms with Gasteiger partial charge in [-0.05, 0) is 37.1 Å². The highest BCUT2D eigenvalue weighted by Gasteiger charge is 2.30. The number of hydrogen-bond acceptors (Lipinski definition) is 4. The highest BCUT2D eigenvalue weighted by Crippen LogP contribution is 2.29. The molecule has 1 aromatic carbocycles. The largest absolute Gasteiger partial charge is 0.452 e. The number of carbonyl (C=O) groups is 3. The number of halogens is 3. The summed E-state index contributed by atoms with van der Waals surface area (Å²) in [4.78, 5) is 34.8. The second kappa shape index (κ2) is 10.3. The second-order valence-electron chi connectivity index (χ2n) is 5.64. The summed E-state index contributed by atoms with van der Waals surface area (Å²) in [5.74, 6) is -1.93. The van der Waals surface area contributed by atoms with Gasteiger partial charge in [0.1, 0.15) is 6.04 Å². The minimum Gasteiger partial charge on any atom is -0.452 e. The fraction of sp³-hybridized carbons (Fsp3) is 0.389. The first-order valence-electron chi connectivity index (χ1n) is 8.22. The molecule has 2 amide bonds. The predicted molar refractivity (Wildman–Crippen MR) is 92.3 cm³/mol. The molecule has 9 heteroatoms. The van der Waals surface area contributed by atoms with Crippen molar-refractivity contribution in [2.24, 2.45) is 0 Å². The third kappa shape index (κ3) is 8.39.